The number of oxime groups is 1. The molecule has 0 aromatic heterocycles. The highest BCUT2D eigenvalue weighted by atomic mass is 16.7. The van der Waals surface area contributed by atoms with Gasteiger partial charge in [-0.1, -0.05) is 39.3 Å². The lowest BCUT2D eigenvalue weighted by molar-refractivity contribution is -0.144. The van der Waals surface area contributed by atoms with Gasteiger partial charge in [-0.05, 0) is 69.6 Å². The topological polar surface area (TPSA) is 159 Å². The molecule has 256 valence electrons. The van der Waals surface area contributed by atoms with Gasteiger partial charge in [0.1, 0.15) is 24.0 Å². The van der Waals surface area contributed by atoms with Crippen molar-refractivity contribution < 1.29 is 33.5 Å². The van der Waals surface area contributed by atoms with Crippen molar-refractivity contribution in [1.29, 1.82) is 0 Å². The van der Waals surface area contributed by atoms with E-state index in [1.165, 1.54) is 11.3 Å². The molecule has 3 aliphatic heterocycles. The minimum absolute atomic E-state index is 0.00744. The van der Waals surface area contributed by atoms with Crippen molar-refractivity contribution in [3.63, 3.8) is 0 Å². The SMILES string of the molecule is CCC[C@H](NC(=O)[C@@H]1C[C@]2(CC(N3CCCCC3)=NO2)CN1C(=O)[C@@H](NC(=O)OC1CCCC1)C(C)(C)C)C(=O)C(=O)NC1CC1. The summed E-state index contributed by atoms with van der Waals surface area (Å²) in [6.07, 6.45) is 9.20. The zero-order valence-corrected chi connectivity index (χ0v) is 27.9. The van der Waals surface area contributed by atoms with E-state index >= 15 is 0 Å². The Morgan fingerprint density at radius 2 is 1.70 bits per heavy atom. The number of carbonyl (C=O) groups is 5. The highest BCUT2D eigenvalue weighted by Crippen LogP contribution is 2.40. The van der Waals surface area contributed by atoms with Crippen LogP contribution in [0.3, 0.4) is 0 Å². The molecular weight excluding hydrogens is 592 g/mol. The number of hydrogen-bond donors (Lipinski definition) is 3. The molecule has 0 bridgehead atoms. The van der Waals surface area contributed by atoms with Crippen LogP contribution in [0.5, 0.6) is 0 Å². The van der Waals surface area contributed by atoms with Gasteiger partial charge < -0.3 is 35.3 Å². The first-order valence-electron chi connectivity index (χ1n) is 17.3. The van der Waals surface area contributed by atoms with Gasteiger partial charge in [-0.25, -0.2) is 4.79 Å². The van der Waals surface area contributed by atoms with E-state index in [1.54, 1.807) is 0 Å². The molecule has 1 spiro atoms. The van der Waals surface area contributed by atoms with Crippen molar-refractivity contribution in [2.24, 2.45) is 10.6 Å². The van der Waals surface area contributed by atoms with E-state index in [1.807, 2.05) is 27.7 Å². The van der Waals surface area contributed by atoms with Gasteiger partial charge in [0.25, 0.3) is 5.91 Å². The number of amides is 4. The Balaban J connectivity index is 1.36. The highest BCUT2D eigenvalue weighted by Gasteiger charge is 2.56. The Hall–Kier alpha value is -3.38. The molecule has 46 heavy (non-hydrogen) atoms. The van der Waals surface area contributed by atoms with E-state index in [2.05, 4.69) is 26.0 Å². The maximum atomic E-state index is 14.4. The summed E-state index contributed by atoms with van der Waals surface area (Å²) < 4.78 is 5.63. The lowest BCUT2D eigenvalue weighted by Gasteiger charge is -2.35. The average Bonchev–Trinajstić information content (AvgIpc) is 3.37. The first-order valence-corrected chi connectivity index (χ1v) is 17.3. The van der Waals surface area contributed by atoms with Crippen LogP contribution in [0.4, 0.5) is 4.79 Å². The second-order valence-corrected chi connectivity index (χ2v) is 14.9. The summed E-state index contributed by atoms with van der Waals surface area (Å²) in [7, 11) is 0. The normalized spacial score (nSPS) is 26.3. The maximum absolute atomic E-state index is 14.4. The van der Waals surface area contributed by atoms with Crippen LogP contribution in [0.15, 0.2) is 5.16 Å². The van der Waals surface area contributed by atoms with Gasteiger partial charge in [0.2, 0.25) is 17.6 Å². The number of ketones is 1. The van der Waals surface area contributed by atoms with Gasteiger partial charge in [-0.2, -0.15) is 0 Å². The summed E-state index contributed by atoms with van der Waals surface area (Å²) in [5, 5.41) is 12.8. The average molecular weight is 645 g/mol. The molecular formula is C33H52N6O7. The van der Waals surface area contributed by atoms with Crippen LogP contribution >= 0.6 is 0 Å². The van der Waals surface area contributed by atoms with Crippen LogP contribution in [0.25, 0.3) is 0 Å². The molecule has 0 aromatic carbocycles. The van der Waals surface area contributed by atoms with E-state index in [0.29, 0.717) is 12.8 Å². The van der Waals surface area contributed by atoms with Gasteiger partial charge >= 0.3 is 6.09 Å². The number of ether oxygens (including phenoxy) is 1. The highest BCUT2D eigenvalue weighted by molar-refractivity contribution is 6.38. The fourth-order valence-corrected chi connectivity index (χ4v) is 7.02. The van der Waals surface area contributed by atoms with Crippen LogP contribution in [0, 0.1) is 5.41 Å². The lowest BCUT2D eigenvalue weighted by atomic mass is 9.85. The molecule has 13 heteroatoms. The minimum atomic E-state index is -1.02. The third-order valence-electron chi connectivity index (χ3n) is 9.83. The Labute approximate surface area is 271 Å². The first-order chi connectivity index (χ1) is 21.9. The van der Waals surface area contributed by atoms with Gasteiger partial charge in [-0.15, -0.1) is 0 Å². The molecule has 4 atom stereocenters. The Morgan fingerprint density at radius 1 is 1.00 bits per heavy atom. The number of likely N-dealkylation sites (tertiary alicyclic amines) is 2. The molecule has 2 aliphatic carbocycles. The number of rotatable bonds is 10. The van der Waals surface area contributed by atoms with Crippen molar-refractivity contribution in [3.05, 3.63) is 0 Å². The van der Waals surface area contributed by atoms with Crippen molar-refractivity contribution in [2.75, 3.05) is 19.6 Å². The summed E-state index contributed by atoms with van der Waals surface area (Å²) >= 11 is 0. The maximum Gasteiger partial charge on any atom is 0.408 e. The second kappa shape index (κ2) is 14.2. The number of carbonyl (C=O) groups excluding carboxylic acids is 5. The van der Waals surface area contributed by atoms with E-state index in [4.69, 9.17) is 9.57 Å². The predicted octanol–water partition coefficient (Wildman–Crippen LogP) is 2.76. The third kappa shape index (κ3) is 8.12. The molecule has 3 N–H and O–H groups in total. The van der Waals surface area contributed by atoms with E-state index in [0.717, 1.165) is 70.3 Å². The molecule has 4 amide bonds. The number of amidine groups is 1. The predicted molar refractivity (Wildman–Crippen MR) is 170 cm³/mol. The smallest absolute Gasteiger partial charge is 0.408 e. The summed E-state index contributed by atoms with van der Waals surface area (Å²) in [5.41, 5.74) is -1.64. The third-order valence-corrected chi connectivity index (χ3v) is 9.83. The first kappa shape index (κ1) is 34.0. The summed E-state index contributed by atoms with van der Waals surface area (Å²) in [4.78, 5) is 77.0. The zero-order valence-electron chi connectivity index (χ0n) is 27.9. The molecule has 3 heterocycles. The largest absolute Gasteiger partial charge is 0.446 e. The molecule has 2 saturated carbocycles. The lowest BCUT2D eigenvalue weighted by Crippen LogP contribution is -2.59. The molecule has 5 rings (SSSR count). The van der Waals surface area contributed by atoms with Crippen molar-refractivity contribution in [2.45, 2.75) is 147 Å². The second-order valence-electron chi connectivity index (χ2n) is 14.9. The van der Waals surface area contributed by atoms with Crippen molar-refractivity contribution in [3.8, 4) is 0 Å². The number of hydrogen-bond acceptors (Lipinski definition) is 9. The van der Waals surface area contributed by atoms with E-state index in [-0.39, 0.29) is 31.5 Å². The number of Topliss-reactive ketones (excluding diaryl/α,β-unsaturated/α-hetero) is 1. The number of alkyl carbamates (subject to hydrolysis) is 1. The Bertz CT molecular complexity index is 1200. The van der Waals surface area contributed by atoms with Gasteiger partial charge in [-0.3, -0.25) is 19.2 Å². The summed E-state index contributed by atoms with van der Waals surface area (Å²) in [6.45, 7) is 9.29. The monoisotopic (exact) mass is 644 g/mol. The molecule has 0 aromatic rings. The number of piperidine rings is 1. The molecule has 0 radical (unpaired) electrons. The van der Waals surface area contributed by atoms with E-state index in [9.17, 15) is 24.0 Å². The van der Waals surface area contributed by atoms with Crippen LogP contribution in [-0.2, 0) is 28.8 Å². The standard InChI is InChI=1S/C33H52N6O7/c1-5-11-23(26(40)29(42)34-21-14-15-21)35-28(41)24-18-33(19-25(37-46-33)38-16-9-6-10-17-38)20-39(24)30(43)27(32(2,3)4)36-31(44)45-22-12-7-8-13-22/h21-24,27H,5-20H2,1-4H3,(H,34,42)(H,35,41)(H,36,44)/t23-,24-,27+,33-/m0/s1. The quantitative estimate of drug-likeness (QED) is 0.306. The van der Waals surface area contributed by atoms with Crippen LogP contribution in [0.2, 0.25) is 0 Å². The molecule has 5 aliphatic rings. The minimum Gasteiger partial charge on any atom is -0.446 e. The van der Waals surface area contributed by atoms with Crippen LogP contribution in [-0.4, -0.2) is 101 Å². The van der Waals surface area contributed by atoms with Crippen molar-refractivity contribution >= 4 is 35.4 Å². The van der Waals surface area contributed by atoms with Crippen LogP contribution < -0.4 is 16.0 Å². The zero-order chi connectivity index (χ0) is 33.1. The summed E-state index contributed by atoms with van der Waals surface area (Å²) in [5.74, 6) is -1.55. The van der Waals surface area contributed by atoms with Gasteiger partial charge in [0.15, 0.2) is 5.60 Å². The fraction of sp³-hybridized carbons (Fsp3) is 0.818. The summed E-state index contributed by atoms with van der Waals surface area (Å²) in [6, 6.07) is -3.01. The Kier molecular flexibility index (Phi) is 10.5. The number of nitrogens with zero attached hydrogens (tertiary/aromatic N) is 3. The van der Waals surface area contributed by atoms with Crippen LogP contribution in [0.1, 0.15) is 111 Å². The molecule has 13 nitrogen and oxygen atoms in total. The molecule has 0 unspecified atom stereocenters. The Morgan fingerprint density at radius 3 is 2.33 bits per heavy atom. The number of nitrogens with one attached hydrogen (secondary N) is 3. The van der Waals surface area contributed by atoms with Crippen molar-refractivity contribution in [1.82, 2.24) is 25.8 Å². The van der Waals surface area contributed by atoms with Gasteiger partial charge in [0, 0.05) is 25.6 Å². The van der Waals surface area contributed by atoms with E-state index < -0.39 is 58.7 Å². The molecule has 4 fully saturated rings. The molecule has 2 saturated heterocycles. The van der Waals surface area contributed by atoms with Gasteiger partial charge in [0.05, 0.1) is 19.0 Å². The fourth-order valence-electron chi connectivity index (χ4n) is 7.02.